The Morgan fingerprint density at radius 3 is 1.30 bits per heavy atom. The molecule has 23 heavy (non-hydrogen) atoms. The van der Waals surface area contributed by atoms with Crippen molar-refractivity contribution >= 4 is 8.56 Å². The Bertz CT molecular complexity index is 326. The van der Waals surface area contributed by atoms with Gasteiger partial charge in [-0.3, -0.25) is 0 Å². The molecule has 3 heteroatoms. The minimum Gasteiger partial charge on any atom is -0.394 e. The van der Waals surface area contributed by atoms with Gasteiger partial charge in [0.2, 0.25) is 0 Å². The molecule has 136 valence electrons. The summed E-state index contributed by atoms with van der Waals surface area (Å²) in [5.74, 6) is 3.53. The predicted molar refractivity (Wildman–Crippen MR) is 101 cm³/mol. The Balaban J connectivity index is 2.25. The van der Waals surface area contributed by atoms with Crippen LogP contribution in [-0.2, 0) is 8.85 Å². The van der Waals surface area contributed by atoms with Gasteiger partial charge < -0.3 is 8.85 Å². The molecule has 2 rings (SSSR count). The zero-order valence-corrected chi connectivity index (χ0v) is 17.4. The van der Waals surface area contributed by atoms with Crippen LogP contribution in [0.4, 0.5) is 0 Å². The fourth-order valence-electron chi connectivity index (χ4n) is 5.91. The van der Waals surface area contributed by atoms with Gasteiger partial charge in [0.25, 0.3) is 0 Å². The van der Waals surface area contributed by atoms with Crippen molar-refractivity contribution in [3.05, 3.63) is 0 Å². The molecule has 0 aliphatic heterocycles. The fraction of sp³-hybridized carbons (Fsp3) is 1.00. The highest BCUT2D eigenvalue weighted by molar-refractivity contribution is 6.71. The topological polar surface area (TPSA) is 18.5 Å². The quantitative estimate of drug-likeness (QED) is 0.444. The Labute approximate surface area is 146 Å². The third-order valence-corrected chi connectivity index (χ3v) is 12.0. The van der Waals surface area contributed by atoms with Crippen molar-refractivity contribution in [3.63, 3.8) is 0 Å². The molecule has 2 fully saturated rings. The normalized spacial score (nSPS) is 37.3. The van der Waals surface area contributed by atoms with Crippen molar-refractivity contribution < 1.29 is 8.85 Å². The number of rotatable bonds is 10. The molecule has 2 nitrogen and oxygen atoms in total. The molecule has 2 saturated carbocycles. The first-order valence-electron chi connectivity index (χ1n) is 10.4. The Morgan fingerprint density at radius 2 is 1.04 bits per heavy atom. The van der Waals surface area contributed by atoms with E-state index in [1.54, 1.807) is 0 Å². The van der Waals surface area contributed by atoms with Crippen LogP contribution in [0, 0.1) is 23.7 Å². The van der Waals surface area contributed by atoms with Crippen molar-refractivity contribution in [2.24, 2.45) is 23.7 Å². The van der Waals surface area contributed by atoms with Gasteiger partial charge in [-0.05, 0) is 50.4 Å². The lowest BCUT2D eigenvalue weighted by Crippen LogP contribution is -2.63. The van der Waals surface area contributed by atoms with E-state index in [1.807, 2.05) is 0 Å². The van der Waals surface area contributed by atoms with E-state index in [2.05, 4.69) is 41.5 Å². The van der Waals surface area contributed by atoms with Crippen molar-refractivity contribution in [2.75, 3.05) is 13.2 Å². The minimum absolute atomic E-state index is 0.745. The summed E-state index contributed by atoms with van der Waals surface area (Å²) in [6.07, 6.45) is 8.00. The van der Waals surface area contributed by atoms with Crippen molar-refractivity contribution in [3.8, 4) is 0 Å². The molecule has 0 spiro atoms. The Kier molecular flexibility index (Phi) is 7.18. The molecule has 0 saturated heterocycles. The van der Waals surface area contributed by atoms with Crippen molar-refractivity contribution in [2.45, 2.75) is 91.1 Å². The zero-order valence-electron chi connectivity index (χ0n) is 16.4. The summed E-state index contributed by atoms with van der Waals surface area (Å²) in [6.45, 7) is 15.5. The van der Waals surface area contributed by atoms with Crippen LogP contribution in [0.25, 0.3) is 0 Å². The van der Waals surface area contributed by atoms with Crippen LogP contribution in [0.1, 0.15) is 80.1 Å². The van der Waals surface area contributed by atoms with E-state index in [0.717, 1.165) is 48.0 Å². The monoisotopic (exact) mass is 340 g/mol. The highest BCUT2D eigenvalue weighted by Gasteiger charge is 2.64. The molecule has 0 radical (unpaired) electrons. The first kappa shape index (κ1) is 19.5. The second-order valence-corrected chi connectivity index (χ2v) is 11.3. The Morgan fingerprint density at radius 1 is 0.652 bits per heavy atom. The van der Waals surface area contributed by atoms with Crippen LogP contribution in [0.15, 0.2) is 0 Å². The van der Waals surface area contributed by atoms with E-state index in [9.17, 15) is 0 Å². The van der Waals surface area contributed by atoms with Gasteiger partial charge in [0.15, 0.2) is 0 Å². The minimum atomic E-state index is -2.11. The fourth-order valence-corrected chi connectivity index (χ4v) is 11.8. The van der Waals surface area contributed by atoms with E-state index in [4.69, 9.17) is 8.85 Å². The first-order chi connectivity index (χ1) is 11.1. The maximum atomic E-state index is 6.64. The second kappa shape index (κ2) is 8.49. The van der Waals surface area contributed by atoms with Crippen LogP contribution in [0.2, 0.25) is 11.1 Å². The van der Waals surface area contributed by atoms with Gasteiger partial charge in [0, 0.05) is 24.3 Å². The van der Waals surface area contributed by atoms with Gasteiger partial charge in [-0.2, -0.15) is 0 Å². The van der Waals surface area contributed by atoms with Crippen LogP contribution in [0.3, 0.4) is 0 Å². The summed E-state index contributed by atoms with van der Waals surface area (Å²) in [5, 5.41) is 0. The van der Waals surface area contributed by atoms with Gasteiger partial charge in [-0.25, -0.2) is 0 Å². The van der Waals surface area contributed by atoms with E-state index in [0.29, 0.717) is 0 Å². The number of hydrogen-bond donors (Lipinski definition) is 0. The van der Waals surface area contributed by atoms with Gasteiger partial charge in [0.1, 0.15) is 0 Å². The van der Waals surface area contributed by atoms with Gasteiger partial charge in [0.05, 0.1) is 0 Å². The van der Waals surface area contributed by atoms with E-state index >= 15 is 0 Å². The third-order valence-electron chi connectivity index (χ3n) is 7.12. The maximum Gasteiger partial charge on any atom is 0.345 e. The van der Waals surface area contributed by atoms with Crippen LogP contribution < -0.4 is 0 Å². The van der Waals surface area contributed by atoms with Crippen LogP contribution in [0.5, 0.6) is 0 Å². The molecule has 6 unspecified atom stereocenters. The molecular formula is C20H40O2Si. The lowest BCUT2D eigenvalue weighted by Gasteiger charge is -2.59. The molecule has 0 heterocycles. The smallest absolute Gasteiger partial charge is 0.345 e. The summed E-state index contributed by atoms with van der Waals surface area (Å²) in [6, 6.07) is 0. The highest BCUT2D eigenvalue weighted by atomic mass is 28.4. The van der Waals surface area contributed by atoms with Gasteiger partial charge in [-0.1, -0.05) is 53.4 Å². The third kappa shape index (κ3) is 3.30. The highest BCUT2D eigenvalue weighted by Crippen LogP contribution is 2.64. The largest absolute Gasteiger partial charge is 0.394 e. The first-order valence-corrected chi connectivity index (χ1v) is 12.4. The van der Waals surface area contributed by atoms with Crippen LogP contribution in [-0.4, -0.2) is 21.8 Å². The SMILES string of the molecule is CCO[Si](OCC)(C1CC(CC)C1CC)C1CC(CC)C1CC. The molecular weight excluding hydrogens is 300 g/mol. The lowest BCUT2D eigenvalue weighted by molar-refractivity contribution is 0.0440. The average Bonchev–Trinajstić information content (AvgIpc) is 2.47. The molecule has 2 aliphatic rings. The summed E-state index contributed by atoms with van der Waals surface area (Å²) in [7, 11) is -2.11. The summed E-state index contributed by atoms with van der Waals surface area (Å²) in [4.78, 5) is 0. The standard InChI is InChI=1S/C20H40O2Si/c1-7-15-13-19(17(15)9-3)23(21-11-5,22-12-6)20-14-16(8-2)18(20)10-4/h15-20H,7-14H2,1-6H3. The summed E-state index contributed by atoms with van der Waals surface area (Å²) in [5.41, 5.74) is 1.49. The van der Waals surface area contributed by atoms with Crippen molar-refractivity contribution in [1.29, 1.82) is 0 Å². The lowest BCUT2D eigenvalue weighted by atomic mass is 9.69. The Hall–Kier alpha value is 0.137. The second-order valence-electron chi connectivity index (χ2n) is 7.75. The predicted octanol–water partition coefficient (Wildman–Crippen LogP) is 6.15. The molecule has 0 aromatic heterocycles. The molecule has 0 bridgehead atoms. The van der Waals surface area contributed by atoms with E-state index in [-0.39, 0.29) is 0 Å². The molecule has 0 aromatic carbocycles. The molecule has 0 amide bonds. The molecule has 0 N–H and O–H groups in total. The number of hydrogen-bond acceptors (Lipinski definition) is 2. The van der Waals surface area contributed by atoms with E-state index < -0.39 is 8.56 Å². The van der Waals surface area contributed by atoms with Gasteiger partial charge >= 0.3 is 8.56 Å². The maximum absolute atomic E-state index is 6.64. The molecule has 2 aliphatic carbocycles. The van der Waals surface area contributed by atoms with Crippen LogP contribution >= 0.6 is 0 Å². The molecule has 0 aromatic rings. The van der Waals surface area contributed by atoms with Crippen molar-refractivity contribution in [1.82, 2.24) is 0 Å². The van der Waals surface area contributed by atoms with Gasteiger partial charge in [-0.15, -0.1) is 0 Å². The molecule has 6 atom stereocenters. The average molecular weight is 341 g/mol. The van der Waals surface area contributed by atoms with E-state index in [1.165, 1.54) is 38.5 Å². The zero-order chi connectivity index (χ0) is 17.0. The summed E-state index contributed by atoms with van der Waals surface area (Å²) < 4.78 is 13.3. The summed E-state index contributed by atoms with van der Waals surface area (Å²) >= 11 is 0.